The lowest BCUT2D eigenvalue weighted by Gasteiger charge is -2.36. The first-order valence-corrected chi connectivity index (χ1v) is 15.7. The van der Waals surface area contributed by atoms with E-state index in [4.69, 9.17) is 21.1 Å². The molecule has 5 aliphatic rings. The lowest BCUT2D eigenvalue weighted by molar-refractivity contribution is -0.183. The minimum atomic E-state index is -0.287. The predicted octanol–water partition coefficient (Wildman–Crippen LogP) is 7.05. The van der Waals surface area contributed by atoms with Gasteiger partial charge in [0, 0.05) is 52.5 Å². The quantitative estimate of drug-likeness (QED) is 0.371. The number of benzene rings is 1. The zero-order valence-corrected chi connectivity index (χ0v) is 25.3. The van der Waals surface area contributed by atoms with Gasteiger partial charge in [-0.15, -0.1) is 0 Å². The Bertz CT molecular complexity index is 1040. The Kier molecular flexibility index (Phi) is 9.39. The molecule has 1 unspecified atom stereocenters. The van der Waals surface area contributed by atoms with E-state index in [1.54, 1.807) is 0 Å². The first-order chi connectivity index (χ1) is 17.9. The highest BCUT2D eigenvalue weighted by Gasteiger charge is 2.40. The Hall–Kier alpha value is -0.860. The number of likely N-dealkylation sites (tertiary alicyclic amines) is 1. The highest BCUT2D eigenvalue weighted by molar-refractivity contribution is 9.12. The van der Waals surface area contributed by atoms with Crippen LogP contribution in [0.1, 0.15) is 68.9 Å². The molecule has 1 spiro atoms. The molecule has 3 aliphatic heterocycles. The molecule has 1 aromatic carbocycles. The van der Waals surface area contributed by atoms with Gasteiger partial charge in [0.15, 0.2) is 5.79 Å². The minimum absolute atomic E-state index is 0.287. The molecular formula is C29H37Br2ClN2O3. The van der Waals surface area contributed by atoms with Crippen molar-refractivity contribution in [1.29, 1.82) is 0 Å². The second kappa shape index (κ2) is 12.5. The molecular weight excluding hydrogens is 620 g/mol. The average Bonchev–Trinajstić information content (AvgIpc) is 3.27. The minimum Gasteiger partial charge on any atom is -0.383 e. The summed E-state index contributed by atoms with van der Waals surface area (Å²) in [7, 11) is 0. The van der Waals surface area contributed by atoms with E-state index in [-0.39, 0.29) is 5.79 Å². The number of nitrogens with zero attached hydrogens (tertiary/aromatic N) is 1. The van der Waals surface area contributed by atoms with E-state index in [0.717, 1.165) is 91.6 Å². The number of dihydropyridines is 1. The number of hydrogen-bond acceptors (Lipinski definition) is 4. The molecule has 1 N–H and O–H groups in total. The highest BCUT2D eigenvalue weighted by Crippen LogP contribution is 2.39. The molecule has 3 heterocycles. The van der Waals surface area contributed by atoms with Gasteiger partial charge < -0.3 is 19.7 Å². The number of aryl methyl sites for hydroxylation is 1. The maximum Gasteiger partial charge on any atom is 0.222 e. The van der Waals surface area contributed by atoms with Crippen LogP contribution >= 0.6 is 43.5 Å². The van der Waals surface area contributed by atoms with Gasteiger partial charge in [-0.2, -0.15) is 0 Å². The first kappa shape index (κ1) is 27.7. The molecule has 202 valence electrons. The molecule has 6 rings (SSSR count). The Morgan fingerprint density at radius 3 is 2.54 bits per heavy atom. The molecule has 37 heavy (non-hydrogen) atoms. The van der Waals surface area contributed by atoms with Crippen molar-refractivity contribution in [3.63, 3.8) is 0 Å². The number of fused-ring (bicyclic) bond motifs is 2. The fourth-order valence-corrected chi connectivity index (χ4v) is 7.72. The summed E-state index contributed by atoms with van der Waals surface area (Å²) in [5.41, 5.74) is 4.21. The van der Waals surface area contributed by atoms with E-state index in [1.807, 2.05) is 12.3 Å². The fourth-order valence-electron chi connectivity index (χ4n) is 6.26. The summed E-state index contributed by atoms with van der Waals surface area (Å²) in [4.78, 5) is 14.3. The molecule has 1 saturated carbocycles. The van der Waals surface area contributed by atoms with Gasteiger partial charge in [0.1, 0.15) is 0 Å². The van der Waals surface area contributed by atoms with Gasteiger partial charge in [-0.3, -0.25) is 4.79 Å². The smallest absolute Gasteiger partial charge is 0.222 e. The normalized spacial score (nSPS) is 25.1. The lowest BCUT2D eigenvalue weighted by Crippen LogP contribution is -2.39. The van der Waals surface area contributed by atoms with Crippen LogP contribution in [0.3, 0.4) is 0 Å². The summed E-state index contributed by atoms with van der Waals surface area (Å²) in [6, 6.07) is 4.50. The second-order valence-corrected chi connectivity index (χ2v) is 13.1. The fraction of sp³-hybridized carbons (Fsp3) is 0.621. The van der Waals surface area contributed by atoms with Crippen LogP contribution in [0.4, 0.5) is 0 Å². The predicted molar refractivity (Wildman–Crippen MR) is 155 cm³/mol. The highest BCUT2D eigenvalue weighted by atomic mass is 79.9. The van der Waals surface area contributed by atoms with Crippen LogP contribution in [-0.2, 0) is 27.1 Å². The Morgan fingerprint density at radius 2 is 1.81 bits per heavy atom. The third-order valence-corrected chi connectivity index (χ3v) is 9.77. The van der Waals surface area contributed by atoms with Crippen LogP contribution in [0.5, 0.6) is 0 Å². The zero-order valence-electron chi connectivity index (χ0n) is 21.4. The van der Waals surface area contributed by atoms with Gasteiger partial charge in [-0.25, -0.2) is 0 Å². The molecule has 2 aliphatic carbocycles. The summed E-state index contributed by atoms with van der Waals surface area (Å²) < 4.78 is 13.7. The average molecular weight is 657 g/mol. The topological polar surface area (TPSA) is 50.8 Å². The number of ether oxygens (including phenoxy) is 2. The molecule has 0 aromatic heterocycles. The number of amides is 1. The largest absolute Gasteiger partial charge is 0.383 e. The molecule has 1 aromatic rings. The van der Waals surface area contributed by atoms with Gasteiger partial charge in [0.05, 0.1) is 19.3 Å². The van der Waals surface area contributed by atoms with Crippen LogP contribution in [-0.4, -0.2) is 48.9 Å². The van der Waals surface area contributed by atoms with Crippen molar-refractivity contribution in [3.8, 4) is 0 Å². The molecule has 5 nitrogen and oxygen atoms in total. The van der Waals surface area contributed by atoms with E-state index in [1.165, 1.54) is 36.0 Å². The van der Waals surface area contributed by atoms with Crippen molar-refractivity contribution in [1.82, 2.24) is 10.2 Å². The summed E-state index contributed by atoms with van der Waals surface area (Å²) in [5.74, 6) is 0.617. The van der Waals surface area contributed by atoms with E-state index in [2.05, 4.69) is 54.2 Å². The van der Waals surface area contributed by atoms with Crippen molar-refractivity contribution in [3.05, 3.63) is 55.1 Å². The van der Waals surface area contributed by atoms with Crippen molar-refractivity contribution >= 4 is 49.4 Å². The molecule has 2 saturated heterocycles. The van der Waals surface area contributed by atoms with Crippen LogP contribution in [0.25, 0.3) is 0 Å². The second-order valence-electron chi connectivity index (χ2n) is 10.9. The van der Waals surface area contributed by atoms with Gasteiger partial charge >= 0.3 is 0 Å². The lowest BCUT2D eigenvalue weighted by atomic mass is 9.83. The van der Waals surface area contributed by atoms with Crippen molar-refractivity contribution in [2.75, 3.05) is 26.3 Å². The number of nitrogens with one attached hydrogen (secondary N) is 1. The summed E-state index contributed by atoms with van der Waals surface area (Å²) >= 11 is 13.3. The molecule has 8 heteroatoms. The van der Waals surface area contributed by atoms with E-state index in [9.17, 15) is 4.79 Å². The number of hydrogen-bond donors (Lipinski definition) is 1. The monoisotopic (exact) mass is 654 g/mol. The maximum atomic E-state index is 12.2. The number of carbonyl (C=O) groups is 1. The van der Waals surface area contributed by atoms with Crippen LogP contribution in [0.15, 0.2) is 38.9 Å². The van der Waals surface area contributed by atoms with Gasteiger partial charge in [-0.05, 0) is 108 Å². The molecule has 0 bridgehead atoms. The van der Waals surface area contributed by atoms with Crippen molar-refractivity contribution in [2.24, 2.45) is 5.92 Å². The maximum absolute atomic E-state index is 12.2. The van der Waals surface area contributed by atoms with E-state index < -0.39 is 0 Å². The summed E-state index contributed by atoms with van der Waals surface area (Å²) in [6.07, 6.45) is 15.9. The molecule has 1 amide bonds. The number of halogens is 3. The van der Waals surface area contributed by atoms with Gasteiger partial charge in [0.25, 0.3) is 0 Å². The number of piperidine rings is 1. The van der Waals surface area contributed by atoms with E-state index >= 15 is 0 Å². The number of carbonyl (C=O) groups excluding carboxylic acids is 1. The van der Waals surface area contributed by atoms with E-state index in [0.29, 0.717) is 17.9 Å². The van der Waals surface area contributed by atoms with Gasteiger partial charge in [0.2, 0.25) is 5.91 Å². The summed E-state index contributed by atoms with van der Waals surface area (Å²) in [5, 5.41) is 4.27. The van der Waals surface area contributed by atoms with Gasteiger partial charge in [-0.1, -0.05) is 27.5 Å². The van der Waals surface area contributed by atoms with Crippen LogP contribution < -0.4 is 5.32 Å². The zero-order chi connectivity index (χ0) is 25.8. The SMILES string of the molecule is Clc1cc(Br)c2c(c1)CCC1=CC(Br)=CNC1C2.O=C(CC1CCC2(CC1)OCCO2)N1CCCCC1. The Morgan fingerprint density at radius 1 is 1.08 bits per heavy atom. The third kappa shape index (κ3) is 7.02. The molecule has 0 radical (unpaired) electrons. The van der Waals surface area contributed by atoms with Crippen LogP contribution in [0.2, 0.25) is 5.02 Å². The van der Waals surface area contributed by atoms with Crippen molar-refractivity contribution < 1.29 is 14.3 Å². The number of allylic oxidation sites excluding steroid dienone is 2. The molecule has 3 fully saturated rings. The third-order valence-electron chi connectivity index (χ3n) is 8.39. The first-order valence-electron chi connectivity index (χ1n) is 13.8. The van der Waals surface area contributed by atoms with Crippen LogP contribution in [0, 0.1) is 5.92 Å². The summed E-state index contributed by atoms with van der Waals surface area (Å²) in [6.45, 7) is 3.41. The Balaban J connectivity index is 0.000000152. The van der Waals surface area contributed by atoms with Crippen molar-refractivity contribution in [2.45, 2.75) is 82.5 Å². The number of rotatable bonds is 2. The standard InChI is InChI=1S/C15H25NO3.C14H12Br2ClN/c17-14(16-8-2-1-3-9-16)12-13-4-6-15(7-5-13)18-10-11-19-15;15-10-3-9-2-1-8-4-11(17)5-13(16)12(8)6-14(9)18-7-10/h13H,1-12H2;3-5,7,14,18H,1-2,6H2. The Labute approximate surface area is 242 Å². The molecule has 1 atom stereocenters.